The highest BCUT2D eigenvalue weighted by Gasteiger charge is 2.26. The summed E-state index contributed by atoms with van der Waals surface area (Å²) in [5.41, 5.74) is -0.481. The Kier molecular flexibility index (Phi) is 5.10. The van der Waals surface area contributed by atoms with Crippen LogP contribution in [-0.2, 0) is 4.79 Å². The average molecular weight is 330 g/mol. The summed E-state index contributed by atoms with van der Waals surface area (Å²) in [6, 6.07) is 10.4. The van der Waals surface area contributed by atoms with Crippen molar-refractivity contribution in [2.45, 2.75) is 0 Å². The number of amides is 1. The van der Waals surface area contributed by atoms with Gasteiger partial charge in [-0.25, -0.2) is 0 Å². The van der Waals surface area contributed by atoms with Crippen LogP contribution in [0.4, 0.5) is 11.4 Å². The van der Waals surface area contributed by atoms with Crippen molar-refractivity contribution in [1.29, 1.82) is 0 Å². The predicted octanol–water partition coefficient (Wildman–Crippen LogP) is 2.43. The molecule has 0 atom stereocenters. The number of Topliss-reactive ketones (excluding diaryl/α,β-unsaturated/α-hetero) is 1. The zero-order chi connectivity index (χ0) is 17.7. The van der Waals surface area contributed by atoms with Gasteiger partial charge in [-0.1, -0.05) is 30.3 Å². The maximum atomic E-state index is 12.1. The minimum atomic E-state index is -1.00. The SMILES string of the molecule is COc1cc(NC(=O)C(=O)c2ccccc2)c([N+](=O)[O-])c(OC)c1. The number of ether oxygens (including phenoxy) is 2. The fourth-order valence-corrected chi connectivity index (χ4v) is 2.04. The number of hydrogen-bond acceptors (Lipinski definition) is 6. The van der Waals surface area contributed by atoms with E-state index < -0.39 is 22.3 Å². The number of hydrogen-bond donors (Lipinski definition) is 1. The second-order valence-electron chi connectivity index (χ2n) is 4.63. The quantitative estimate of drug-likeness (QED) is 0.377. The second-order valence-corrected chi connectivity index (χ2v) is 4.63. The molecule has 2 rings (SSSR count). The van der Waals surface area contributed by atoms with E-state index >= 15 is 0 Å². The van der Waals surface area contributed by atoms with E-state index in [2.05, 4.69) is 5.32 Å². The molecule has 1 N–H and O–H groups in total. The summed E-state index contributed by atoms with van der Waals surface area (Å²) in [5, 5.41) is 13.5. The van der Waals surface area contributed by atoms with Crippen molar-refractivity contribution in [3.63, 3.8) is 0 Å². The van der Waals surface area contributed by atoms with Gasteiger partial charge in [0.1, 0.15) is 11.4 Å². The molecule has 8 heteroatoms. The smallest absolute Gasteiger partial charge is 0.334 e. The van der Waals surface area contributed by atoms with Crippen LogP contribution in [-0.4, -0.2) is 30.8 Å². The van der Waals surface area contributed by atoms with Crippen LogP contribution in [0.3, 0.4) is 0 Å². The lowest BCUT2D eigenvalue weighted by atomic mass is 10.1. The fourth-order valence-electron chi connectivity index (χ4n) is 2.04. The molecule has 2 aromatic rings. The number of carbonyl (C=O) groups excluding carboxylic acids is 2. The summed E-state index contributed by atoms with van der Waals surface area (Å²) < 4.78 is 9.98. The predicted molar refractivity (Wildman–Crippen MR) is 85.6 cm³/mol. The Morgan fingerprint density at radius 1 is 1.08 bits per heavy atom. The number of anilines is 1. The molecular formula is C16H14N2O6. The van der Waals surface area contributed by atoms with E-state index in [-0.39, 0.29) is 22.7 Å². The van der Waals surface area contributed by atoms with Crippen molar-refractivity contribution in [2.75, 3.05) is 19.5 Å². The molecule has 24 heavy (non-hydrogen) atoms. The molecule has 0 saturated heterocycles. The molecule has 0 aromatic heterocycles. The van der Waals surface area contributed by atoms with Gasteiger partial charge in [0.15, 0.2) is 0 Å². The van der Waals surface area contributed by atoms with Crippen molar-refractivity contribution < 1.29 is 24.0 Å². The van der Waals surface area contributed by atoms with Crippen LogP contribution < -0.4 is 14.8 Å². The highest BCUT2D eigenvalue weighted by atomic mass is 16.6. The van der Waals surface area contributed by atoms with E-state index in [1.165, 1.54) is 38.5 Å². The van der Waals surface area contributed by atoms with Crippen molar-refractivity contribution in [2.24, 2.45) is 0 Å². The van der Waals surface area contributed by atoms with Gasteiger partial charge in [-0.3, -0.25) is 19.7 Å². The Hall–Kier alpha value is -3.42. The normalized spacial score (nSPS) is 9.92. The Morgan fingerprint density at radius 2 is 1.75 bits per heavy atom. The Bertz CT molecular complexity index is 789. The van der Waals surface area contributed by atoms with Gasteiger partial charge in [-0.2, -0.15) is 0 Å². The summed E-state index contributed by atoms with van der Waals surface area (Å²) in [5.74, 6) is -1.67. The summed E-state index contributed by atoms with van der Waals surface area (Å²) in [6.07, 6.45) is 0. The highest BCUT2D eigenvalue weighted by molar-refractivity contribution is 6.46. The number of rotatable bonds is 6. The lowest BCUT2D eigenvalue weighted by Gasteiger charge is -2.10. The van der Waals surface area contributed by atoms with Crippen LogP contribution in [0, 0.1) is 10.1 Å². The van der Waals surface area contributed by atoms with E-state index in [9.17, 15) is 19.7 Å². The van der Waals surface area contributed by atoms with Crippen molar-refractivity contribution in [3.8, 4) is 11.5 Å². The van der Waals surface area contributed by atoms with Gasteiger partial charge in [-0.05, 0) is 0 Å². The van der Waals surface area contributed by atoms with E-state index in [1.807, 2.05) is 0 Å². The first-order chi connectivity index (χ1) is 11.5. The largest absolute Gasteiger partial charge is 0.497 e. The summed E-state index contributed by atoms with van der Waals surface area (Å²) in [7, 11) is 2.61. The van der Waals surface area contributed by atoms with E-state index in [0.717, 1.165) is 0 Å². The Labute approximate surface area is 137 Å². The highest BCUT2D eigenvalue weighted by Crippen LogP contribution is 2.38. The number of methoxy groups -OCH3 is 2. The molecule has 0 aliphatic carbocycles. The van der Waals surface area contributed by atoms with E-state index in [0.29, 0.717) is 0 Å². The van der Waals surface area contributed by atoms with Crippen LogP contribution >= 0.6 is 0 Å². The van der Waals surface area contributed by atoms with Crippen LogP contribution in [0.1, 0.15) is 10.4 Å². The average Bonchev–Trinajstić information content (AvgIpc) is 2.60. The summed E-state index contributed by atoms with van der Waals surface area (Å²) in [4.78, 5) is 34.8. The molecule has 2 aromatic carbocycles. The minimum Gasteiger partial charge on any atom is -0.497 e. The number of ketones is 1. The Balaban J connectivity index is 2.39. The lowest BCUT2D eigenvalue weighted by Crippen LogP contribution is -2.23. The molecule has 0 radical (unpaired) electrons. The molecule has 0 unspecified atom stereocenters. The lowest BCUT2D eigenvalue weighted by molar-refractivity contribution is -0.384. The first-order valence-corrected chi connectivity index (χ1v) is 6.79. The van der Waals surface area contributed by atoms with Crippen molar-refractivity contribution in [3.05, 3.63) is 58.1 Å². The van der Waals surface area contributed by atoms with Crippen LogP contribution in [0.5, 0.6) is 11.5 Å². The van der Waals surface area contributed by atoms with Gasteiger partial charge in [0.25, 0.3) is 11.7 Å². The summed E-state index contributed by atoms with van der Waals surface area (Å²) >= 11 is 0. The number of nitrogens with zero attached hydrogens (tertiary/aromatic N) is 1. The molecule has 0 bridgehead atoms. The second kappa shape index (κ2) is 7.23. The van der Waals surface area contributed by atoms with Crippen LogP contribution in [0.15, 0.2) is 42.5 Å². The number of carbonyl (C=O) groups is 2. The topological polar surface area (TPSA) is 108 Å². The molecule has 0 spiro atoms. The first-order valence-electron chi connectivity index (χ1n) is 6.79. The number of nitro benzene ring substituents is 1. The standard InChI is InChI=1S/C16H14N2O6/c1-23-11-8-12(14(18(21)22)13(9-11)24-2)17-16(20)15(19)10-6-4-3-5-7-10/h3-9H,1-2H3,(H,17,20). The first kappa shape index (κ1) is 16.9. The van der Waals surface area contributed by atoms with Crippen LogP contribution in [0.2, 0.25) is 0 Å². The van der Waals surface area contributed by atoms with Gasteiger partial charge in [0.2, 0.25) is 5.75 Å². The van der Waals surface area contributed by atoms with Crippen molar-refractivity contribution in [1.82, 2.24) is 0 Å². The number of nitro groups is 1. The van der Waals surface area contributed by atoms with Crippen molar-refractivity contribution >= 4 is 23.1 Å². The zero-order valence-corrected chi connectivity index (χ0v) is 12.9. The maximum absolute atomic E-state index is 12.1. The van der Waals surface area contributed by atoms with Gasteiger partial charge in [0.05, 0.1) is 19.1 Å². The molecular weight excluding hydrogens is 316 g/mol. The van der Waals surface area contributed by atoms with Gasteiger partial charge < -0.3 is 14.8 Å². The van der Waals surface area contributed by atoms with Gasteiger partial charge in [0, 0.05) is 17.7 Å². The van der Waals surface area contributed by atoms with Gasteiger partial charge in [-0.15, -0.1) is 0 Å². The van der Waals surface area contributed by atoms with Crippen LogP contribution in [0.25, 0.3) is 0 Å². The number of nitrogens with one attached hydrogen (secondary N) is 1. The third kappa shape index (κ3) is 3.49. The molecule has 0 fully saturated rings. The molecule has 124 valence electrons. The number of benzene rings is 2. The summed E-state index contributed by atoms with van der Waals surface area (Å²) in [6.45, 7) is 0. The minimum absolute atomic E-state index is 0.0955. The molecule has 1 amide bonds. The fraction of sp³-hybridized carbons (Fsp3) is 0.125. The van der Waals surface area contributed by atoms with E-state index in [1.54, 1.807) is 18.2 Å². The monoisotopic (exact) mass is 330 g/mol. The third-order valence-corrected chi connectivity index (χ3v) is 3.18. The molecule has 0 saturated carbocycles. The zero-order valence-electron chi connectivity index (χ0n) is 12.9. The molecule has 8 nitrogen and oxygen atoms in total. The van der Waals surface area contributed by atoms with Gasteiger partial charge >= 0.3 is 5.69 Å². The maximum Gasteiger partial charge on any atom is 0.334 e. The Morgan fingerprint density at radius 3 is 2.29 bits per heavy atom. The molecule has 0 aliphatic heterocycles. The third-order valence-electron chi connectivity index (χ3n) is 3.18. The molecule has 0 aliphatic rings. The molecule has 0 heterocycles. The van der Waals surface area contributed by atoms with E-state index in [4.69, 9.17) is 9.47 Å².